The maximum Gasteiger partial charge on any atom is 0.365 e. The van der Waals surface area contributed by atoms with Gasteiger partial charge in [-0.25, -0.2) is 9.78 Å². The Labute approximate surface area is 97.9 Å². The van der Waals surface area contributed by atoms with Gasteiger partial charge >= 0.3 is 5.97 Å². The molecule has 0 saturated carbocycles. The van der Waals surface area contributed by atoms with E-state index in [0.29, 0.717) is 0 Å². The molecule has 0 aliphatic carbocycles. The second-order valence-electron chi connectivity index (χ2n) is 3.68. The van der Waals surface area contributed by atoms with Crippen LogP contribution in [0.5, 0.6) is 0 Å². The summed E-state index contributed by atoms with van der Waals surface area (Å²) in [5.41, 5.74) is 0.881. The topological polar surface area (TPSA) is 50.2 Å². The summed E-state index contributed by atoms with van der Waals surface area (Å²) in [6.07, 6.45) is 1.20. The van der Waals surface area contributed by atoms with E-state index < -0.39 is 5.97 Å². The largest absolute Gasteiger partial charge is 0.476 e. The Morgan fingerprint density at radius 2 is 2.40 bits per heavy atom. The van der Waals surface area contributed by atoms with Crippen molar-refractivity contribution in [2.24, 2.45) is 5.92 Å². The summed E-state index contributed by atoms with van der Waals surface area (Å²) in [7, 11) is 0. The molecule has 0 saturated heterocycles. The first-order valence-electron chi connectivity index (χ1n) is 4.85. The number of hydrogen-bond acceptors (Lipinski definition) is 4. The van der Waals surface area contributed by atoms with Crippen molar-refractivity contribution in [2.45, 2.75) is 26.0 Å². The smallest absolute Gasteiger partial charge is 0.365 e. The molecule has 1 heterocycles. The normalized spacial score (nSPS) is 10.9. The molecule has 84 valence electrons. The first-order chi connectivity index (χ1) is 7.09. The van der Waals surface area contributed by atoms with Gasteiger partial charge in [0.2, 0.25) is 5.01 Å². The van der Waals surface area contributed by atoms with Gasteiger partial charge in [-0.3, -0.25) is 0 Å². The van der Waals surface area contributed by atoms with Crippen LogP contribution < -0.4 is 0 Å². The van der Waals surface area contributed by atoms with E-state index in [2.05, 4.69) is 18.8 Å². The van der Waals surface area contributed by atoms with Gasteiger partial charge in [-0.2, -0.15) is 11.8 Å². The lowest BCUT2D eigenvalue weighted by Gasteiger charge is -2.02. The maximum absolute atomic E-state index is 10.6. The van der Waals surface area contributed by atoms with Gasteiger partial charge in [-0.1, -0.05) is 13.8 Å². The van der Waals surface area contributed by atoms with E-state index in [9.17, 15) is 4.79 Å². The standard InChI is InChI=1S/C10H15NO2S2/c1-7(2)3-4-14-5-8-6-15-9(11-8)10(12)13/h6-7H,3-5H2,1-2H3,(H,12,13). The number of aromatic nitrogens is 1. The highest BCUT2D eigenvalue weighted by atomic mass is 32.2. The summed E-state index contributed by atoms with van der Waals surface area (Å²) < 4.78 is 0. The number of thioether (sulfide) groups is 1. The molecule has 0 radical (unpaired) electrons. The Morgan fingerprint density at radius 3 is 2.93 bits per heavy atom. The van der Waals surface area contributed by atoms with Gasteiger partial charge in [0.25, 0.3) is 0 Å². The summed E-state index contributed by atoms with van der Waals surface area (Å²) in [5.74, 6) is 1.72. The minimum absolute atomic E-state index is 0.189. The van der Waals surface area contributed by atoms with Crippen LogP contribution in [0.25, 0.3) is 0 Å². The third-order valence-electron chi connectivity index (χ3n) is 1.82. The summed E-state index contributed by atoms with van der Waals surface area (Å²) in [4.78, 5) is 14.6. The third-order valence-corrected chi connectivity index (χ3v) is 3.73. The summed E-state index contributed by atoms with van der Waals surface area (Å²) in [6.45, 7) is 4.40. The second kappa shape index (κ2) is 6.12. The van der Waals surface area contributed by atoms with Crippen molar-refractivity contribution in [2.75, 3.05) is 5.75 Å². The number of nitrogens with zero attached hydrogens (tertiary/aromatic N) is 1. The van der Waals surface area contributed by atoms with Gasteiger partial charge < -0.3 is 5.11 Å². The second-order valence-corrected chi connectivity index (χ2v) is 5.65. The fraction of sp³-hybridized carbons (Fsp3) is 0.600. The predicted molar refractivity (Wildman–Crippen MR) is 64.7 cm³/mol. The van der Waals surface area contributed by atoms with Gasteiger partial charge in [0.05, 0.1) is 5.69 Å². The molecule has 0 fully saturated rings. The van der Waals surface area contributed by atoms with E-state index in [4.69, 9.17) is 5.11 Å². The molecule has 0 bridgehead atoms. The molecule has 0 unspecified atom stereocenters. The minimum Gasteiger partial charge on any atom is -0.476 e. The fourth-order valence-electron chi connectivity index (χ4n) is 0.967. The molecule has 0 spiro atoms. The maximum atomic E-state index is 10.6. The van der Waals surface area contributed by atoms with Crippen molar-refractivity contribution < 1.29 is 9.90 Å². The van der Waals surface area contributed by atoms with E-state index >= 15 is 0 Å². The van der Waals surface area contributed by atoms with Crippen LogP contribution in [-0.2, 0) is 5.75 Å². The van der Waals surface area contributed by atoms with Crippen LogP contribution in [0.1, 0.15) is 35.8 Å². The molecule has 1 aromatic heterocycles. The van der Waals surface area contributed by atoms with Crippen LogP contribution in [0.4, 0.5) is 0 Å². The Hall–Kier alpha value is -0.550. The van der Waals surface area contributed by atoms with E-state index in [1.165, 1.54) is 17.8 Å². The minimum atomic E-state index is -0.932. The first-order valence-corrected chi connectivity index (χ1v) is 6.88. The monoisotopic (exact) mass is 245 g/mol. The molecule has 1 N–H and O–H groups in total. The molecule has 5 heteroatoms. The first kappa shape index (κ1) is 12.5. The molecular weight excluding hydrogens is 230 g/mol. The zero-order valence-corrected chi connectivity index (χ0v) is 10.5. The highest BCUT2D eigenvalue weighted by Gasteiger charge is 2.08. The molecule has 0 aromatic carbocycles. The van der Waals surface area contributed by atoms with Crippen molar-refractivity contribution in [3.8, 4) is 0 Å². The summed E-state index contributed by atoms with van der Waals surface area (Å²) >= 11 is 3.01. The molecule has 0 aliphatic rings. The number of carboxylic acid groups (broad SMARTS) is 1. The van der Waals surface area contributed by atoms with Crippen molar-refractivity contribution in [3.63, 3.8) is 0 Å². The number of rotatable bonds is 6. The van der Waals surface area contributed by atoms with Crippen LogP contribution in [0, 0.1) is 5.92 Å². The zero-order chi connectivity index (χ0) is 11.3. The van der Waals surface area contributed by atoms with E-state index in [0.717, 1.165) is 23.1 Å². The quantitative estimate of drug-likeness (QED) is 0.782. The van der Waals surface area contributed by atoms with Gasteiger partial charge in [-0.05, 0) is 18.1 Å². The van der Waals surface area contributed by atoms with Crippen LogP contribution in [0.15, 0.2) is 5.38 Å². The van der Waals surface area contributed by atoms with Crippen LogP contribution >= 0.6 is 23.1 Å². The Balaban J connectivity index is 2.29. The number of hydrogen-bond donors (Lipinski definition) is 1. The highest BCUT2D eigenvalue weighted by Crippen LogP contribution is 2.17. The highest BCUT2D eigenvalue weighted by molar-refractivity contribution is 7.98. The lowest BCUT2D eigenvalue weighted by atomic mass is 10.2. The lowest BCUT2D eigenvalue weighted by Crippen LogP contribution is -1.95. The molecule has 3 nitrogen and oxygen atoms in total. The van der Waals surface area contributed by atoms with Gasteiger partial charge in [-0.15, -0.1) is 11.3 Å². The number of carbonyl (C=O) groups is 1. The zero-order valence-electron chi connectivity index (χ0n) is 8.90. The Kier molecular flexibility index (Phi) is 5.11. The molecule has 1 aromatic rings. The number of carboxylic acids is 1. The molecule has 0 amide bonds. The molecule has 0 aliphatic heterocycles. The van der Waals surface area contributed by atoms with Crippen molar-refractivity contribution in [3.05, 3.63) is 16.1 Å². The van der Waals surface area contributed by atoms with Gasteiger partial charge in [0.15, 0.2) is 0 Å². The average molecular weight is 245 g/mol. The SMILES string of the molecule is CC(C)CCSCc1csc(C(=O)O)n1. The van der Waals surface area contributed by atoms with E-state index in [1.54, 1.807) is 0 Å². The van der Waals surface area contributed by atoms with Crippen molar-refractivity contribution in [1.29, 1.82) is 0 Å². The summed E-state index contributed by atoms with van der Waals surface area (Å²) in [5, 5.41) is 10.7. The van der Waals surface area contributed by atoms with Crippen LogP contribution in [-0.4, -0.2) is 21.8 Å². The van der Waals surface area contributed by atoms with E-state index in [1.807, 2.05) is 17.1 Å². The Morgan fingerprint density at radius 1 is 1.67 bits per heavy atom. The lowest BCUT2D eigenvalue weighted by molar-refractivity contribution is 0.0696. The van der Waals surface area contributed by atoms with Crippen molar-refractivity contribution in [1.82, 2.24) is 4.98 Å². The van der Waals surface area contributed by atoms with Crippen molar-refractivity contribution >= 4 is 29.1 Å². The summed E-state index contributed by atoms with van der Waals surface area (Å²) in [6, 6.07) is 0. The number of thiazole rings is 1. The predicted octanol–water partition coefficient (Wildman–Crippen LogP) is 3.12. The molecular formula is C10H15NO2S2. The van der Waals surface area contributed by atoms with Gasteiger partial charge in [0, 0.05) is 11.1 Å². The fourth-order valence-corrected chi connectivity index (χ4v) is 2.87. The molecule has 0 atom stereocenters. The number of aromatic carboxylic acids is 1. The third kappa shape index (κ3) is 4.66. The van der Waals surface area contributed by atoms with Crippen LogP contribution in [0.2, 0.25) is 0 Å². The van der Waals surface area contributed by atoms with Gasteiger partial charge in [0.1, 0.15) is 0 Å². The van der Waals surface area contributed by atoms with Crippen LogP contribution in [0.3, 0.4) is 0 Å². The van der Waals surface area contributed by atoms with E-state index in [-0.39, 0.29) is 5.01 Å². The Bertz CT molecular complexity index is 323. The molecule has 1 rings (SSSR count). The average Bonchev–Trinajstić information content (AvgIpc) is 2.60. The molecule has 15 heavy (non-hydrogen) atoms.